The molecule has 12 rings (SSSR count). The Balaban J connectivity index is 1.21. The quantitative estimate of drug-likeness (QED) is 0.163. The maximum atomic E-state index is 2.78. The number of nitrogens with zero attached hydrogens (tertiary/aromatic N) is 3. The fourth-order valence-corrected chi connectivity index (χ4v) is 15.1. The van der Waals surface area contributed by atoms with E-state index < -0.39 is 0 Å². The van der Waals surface area contributed by atoms with E-state index in [1.807, 2.05) is 0 Å². The first-order valence-corrected chi connectivity index (χ1v) is 28.1. The summed E-state index contributed by atoms with van der Waals surface area (Å²) in [5, 5.41) is 0. The highest BCUT2D eigenvalue weighted by Crippen LogP contribution is 2.62. The zero-order chi connectivity index (χ0) is 52.4. The largest absolute Gasteiger partial charge is 0.334 e. The average Bonchev–Trinajstić information content (AvgIpc) is 3.66. The van der Waals surface area contributed by atoms with Gasteiger partial charge < -0.3 is 14.7 Å². The summed E-state index contributed by atoms with van der Waals surface area (Å²) >= 11 is 0. The van der Waals surface area contributed by atoms with E-state index in [9.17, 15) is 0 Å². The van der Waals surface area contributed by atoms with Gasteiger partial charge in [-0.15, -0.1) is 0 Å². The summed E-state index contributed by atoms with van der Waals surface area (Å²) in [6.07, 6.45) is 6.00. The minimum Gasteiger partial charge on any atom is -0.334 e. The first-order valence-electron chi connectivity index (χ1n) is 28.1. The van der Waals surface area contributed by atoms with Crippen molar-refractivity contribution in [3.63, 3.8) is 0 Å². The molecule has 378 valence electrons. The van der Waals surface area contributed by atoms with Gasteiger partial charge in [0.05, 0.1) is 11.2 Å². The number of aryl methyl sites for hydroxylation is 1. The van der Waals surface area contributed by atoms with Gasteiger partial charge in [-0.25, -0.2) is 0 Å². The molecule has 3 heterocycles. The normalized spacial score (nSPS) is 21.2. The SMILES string of the molecule is Cc1cc(C(C)(C)C)ccc1N1c2cc(N3c4ccccc4C4(C)CCCCC34C)ccc2B2c3cc4c(cc3N(c3ccc(C(C)(C)C)cc3-c3ccccc3)c3cc(C(C)(C)C)cc1c32)C(C)(C)CC4(C)C. The van der Waals surface area contributed by atoms with Gasteiger partial charge in [-0.3, -0.25) is 0 Å². The molecule has 0 aromatic heterocycles. The molecule has 0 spiro atoms. The Hall–Kier alpha value is -6.00. The van der Waals surface area contributed by atoms with Crippen molar-refractivity contribution in [3.05, 3.63) is 172 Å². The van der Waals surface area contributed by atoms with Crippen LogP contribution in [-0.2, 0) is 32.5 Å². The van der Waals surface area contributed by atoms with Crippen LogP contribution < -0.4 is 31.1 Å². The van der Waals surface area contributed by atoms with Gasteiger partial charge in [-0.1, -0.05) is 189 Å². The Labute approximate surface area is 445 Å². The standard InChI is InChI=1S/C70H80BN3/c1-44-36-46(64(2,3)4)28-32-56(44)72-59-40-49(74-58-27-21-20-26-51(58)69(15)34-22-23-35-70(69,74)16)30-31-54(59)71-55-41-52-53(68(13,14)43-67(52,11)12)42-60(55)73(62-39-48(66(8,9)10)38-61(72)63(62)71)57-33-29-47(65(5,6)7)37-50(57)45-24-18-17-19-25-45/h17-21,24-33,36-42H,22-23,34-35,43H2,1-16H3. The van der Waals surface area contributed by atoms with Crippen molar-refractivity contribution < 1.29 is 0 Å². The van der Waals surface area contributed by atoms with Gasteiger partial charge in [-0.05, 0) is 176 Å². The summed E-state index contributed by atoms with van der Waals surface area (Å²) in [6.45, 7) is 38.7. The lowest BCUT2D eigenvalue weighted by Crippen LogP contribution is -2.62. The first-order chi connectivity index (χ1) is 34.7. The number of fused-ring (bicyclic) bond motifs is 8. The number of rotatable bonds is 4. The molecule has 3 aliphatic heterocycles. The van der Waals surface area contributed by atoms with Crippen LogP contribution in [0.1, 0.15) is 175 Å². The van der Waals surface area contributed by atoms with Crippen molar-refractivity contribution in [2.45, 2.75) is 181 Å². The molecule has 7 aromatic carbocycles. The summed E-state index contributed by atoms with van der Waals surface area (Å²) in [6, 6.07) is 53.4. The van der Waals surface area contributed by atoms with E-state index in [4.69, 9.17) is 0 Å². The number of benzene rings is 7. The summed E-state index contributed by atoms with van der Waals surface area (Å²) in [5.41, 5.74) is 26.6. The van der Waals surface area contributed by atoms with Gasteiger partial charge in [-0.2, -0.15) is 0 Å². The van der Waals surface area contributed by atoms with Crippen LogP contribution in [0.15, 0.2) is 133 Å². The van der Waals surface area contributed by atoms with Gasteiger partial charge in [0.1, 0.15) is 0 Å². The molecular weight excluding hydrogens is 894 g/mol. The maximum absolute atomic E-state index is 2.78. The minimum atomic E-state index is -0.145. The lowest BCUT2D eigenvalue weighted by atomic mass is 9.33. The van der Waals surface area contributed by atoms with Crippen LogP contribution in [0.4, 0.5) is 45.5 Å². The zero-order valence-corrected chi connectivity index (χ0v) is 47.7. The van der Waals surface area contributed by atoms with Gasteiger partial charge in [0.2, 0.25) is 0 Å². The lowest BCUT2D eigenvalue weighted by molar-refractivity contribution is 0.195. The van der Waals surface area contributed by atoms with E-state index in [0.717, 1.165) is 12.8 Å². The van der Waals surface area contributed by atoms with E-state index in [1.54, 1.807) is 0 Å². The molecule has 0 amide bonds. The van der Waals surface area contributed by atoms with Crippen LogP contribution in [0.2, 0.25) is 0 Å². The summed E-state index contributed by atoms with van der Waals surface area (Å²) in [4.78, 5) is 8.21. The van der Waals surface area contributed by atoms with Gasteiger partial charge in [0, 0.05) is 50.8 Å². The third-order valence-corrected chi connectivity index (χ3v) is 19.2. The zero-order valence-electron chi connectivity index (χ0n) is 47.7. The molecule has 0 bridgehead atoms. The smallest absolute Gasteiger partial charge is 0.252 e. The molecule has 0 N–H and O–H groups in total. The second-order valence-corrected chi connectivity index (χ2v) is 28.2. The fraction of sp³-hybridized carbons (Fsp3) is 0.400. The molecule has 4 heteroatoms. The highest BCUT2D eigenvalue weighted by Gasteiger charge is 2.58. The minimum absolute atomic E-state index is 0.00467. The average molecular weight is 974 g/mol. The van der Waals surface area contributed by atoms with Crippen LogP contribution in [0, 0.1) is 6.92 Å². The Morgan fingerprint density at radius 2 is 1.01 bits per heavy atom. The van der Waals surface area contributed by atoms with Crippen LogP contribution >= 0.6 is 0 Å². The van der Waals surface area contributed by atoms with Crippen LogP contribution in [0.25, 0.3) is 11.1 Å². The Morgan fingerprint density at radius 1 is 0.446 bits per heavy atom. The van der Waals surface area contributed by atoms with Crippen LogP contribution in [0.5, 0.6) is 0 Å². The van der Waals surface area contributed by atoms with Crippen molar-refractivity contribution in [2.75, 3.05) is 14.7 Å². The molecule has 2 aliphatic carbocycles. The monoisotopic (exact) mass is 974 g/mol. The molecular formula is C70H80BN3. The van der Waals surface area contributed by atoms with Gasteiger partial charge >= 0.3 is 0 Å². The third-order valence-electron chi connectivity index (χ3n) is 19.2. The second-order valence-electron chi connectivity index (χ2n) is 28.2. The van der Waals surface area contributed by atoms with E-state index >= 15 is 0 Å². The molecule has 74 heavy (non-hydrogen) atoms. The molecule has 2 unspecified atom stereocenters. The van der Waals surface area contributed by atoms with Crippen LogP contribution in [-0.4, -0.2) is 12.3 Å². The Bertz CT molecular complexity index is 3450. The van der Waals surface area contributed by atoms with Crippen molar-refractivity contribution in [2.24, 2.45) is 0 Å². The van der Waals surface area contributed by atoms with Crippen molar-refractivity contribution >= 4 is 68.6 Å². The number of hydrogen-bond acceptors (Lipinski definition) is 3. The van der Waals surface area contributed by atoms with E-state index in [1.165, 1.54) is 131 Å². The molecule has 5 aliphatic rings. The number of para-hydroxylation sites is 1. The summed E-state index contributed by atoms with van der Waals surface area (Å²) < 4.78 is 0. The number of hydrogen-bond donors (Lipinski definition) is 0. The molecule has 1 saturated carbocycles. The fourth-order valence-electron chi connectivity index (χ4n) is 15.1. The molecule has 0 radical (unpaired) electrons. The molecule has 2 atom stereocenters. The topological polar surface area (TPSA) is 9.72 Å². The summed E-state index contributed by atoms with van der Waals surface area (Å²) in [7, 11) is 0. The predicted octanol–water partition coefficient (Wildman–Crippen LogP) is 17.3. The Kier molecular flexibility index (Phi) is 10.6. The van der Waals surface area contributed by atoms with E-state index in [2.05, 4.69) is 259 Å². The number of anilines is 8. The molecule has 1 fully saturated rings. The highest BCUT2D eigenvalue weighted by atomic mass is 15.3. The van der Waals surface area contributed by atoms with Gasteiger partial charge in [0.15, 0.2) is 0 Å². The predicted molar refractivity (Wildman–Crippen MR) is 320 cm³/mol. The van der Waals surface area contributed by atoms with Crippen LogP contribution in [0.3, 0.4) is 0 Å². The van der Waals surface area contributed by atoms with Crippen molar-refractivity contribution in [3.8, 4) is 11.1 Å². The maximum Gasteiger partial charge on any atom is 0.252 e. The van der Waals surface area contributed by atoms with Crippen molar-refractivity contribution in [1.82, 2.24) is 0 Å². The second kappa shape index (κ2) is 16.0. The molecule has 3 nitrogen and oxygen atoms in total. The highest BCUT2D eigenvalue weighted by molar-refractivity contribution is 7.00. The van der Waals surface area contributed by atoms with Gasteiger partial charge in [0.25, 0.3) is 6.71 Å². The first kappa shape index (κ1) is 48.9. The molecule has 7 aromatic rings. The third kappa shape index (κ3) is 7.11. The van der Waals surface area contributed by atoms with E-state index in [-0.39, 0.29) is 44.7 Å². The molecule has 0 saturated heterocycles. The lowest BCUT2D eigenvalue weighted by Gasteiger charge is -2.51. The summed E-state index contributed by atoms with van der Waals surface area (Å²) in [5.74, 6) is 0. The van der Waals surface area contributed by atoms with E-state index in [0.29, 0.717) is 0 Å². The Morgan fingerprint density at radius 3 is 1.66 bits per heavy atom. The van der Waals surface area contributed by atoms with Crippen molar-refractivity contribution in [1.29, 1.82) is 0 Å².